The Morgan fingerprint density at radius 3 is 1.59 bits per heavy atom. The van der Waals surface area contributed by atoms with Gasteiger partial charge in [0.25, 0.3) is 0 Å². The van der Waals surface area contributed by atoms with Crippen LogP contribution in [0.4, 0.5) is 0 Å². The topological polar surface area (TPSA) is 86.8 Å². The molecule has 1 atom stereocenters. The lowest BCUT2D eigenvalue weighted by Gasteiger charge is -2.33. The van der Waals surface area contributed by atoms with Crippen molar-refractivity contribution in [2.45, 2.75) is 32.1 Å². The fourth-order valence-electron chi connectivity index (χ4n) is 4.56. The van der Waals surface area contributed by atoms with Crippen LogP contribution in [-0.4, -0.2) is 48.3 Å². The Labute approximate surface area is 242 Å². The zero-order chi connectivity index (χ0) is 29.1. The average molecular weight is 570 g/mol. The van der Waals surface area contributed by atoms with E-state index in [-0.39, 0.29) is 25.4 Å². The molecule has 1 N–H and O–H groups in total. The second-order valence-electron chi connectivity index (χ2n) is 9.93. The van der Waals surface area contributed by atoms with Crippen molar-refractivity contribution in [3.63, 3.8) is 0 Å². The molecule has 4 aromatic carbocycles. The van der Waals surface area contributed by atoms with Crippen LogP contribution in [0.1, 0.15) is 22.3 Å². The molecule has 0 aromatic heterocycles. The van der Waals surface area contributed by atoms with Gasteiger partial charge in [-0.1, -0.05) is 121 Å². The van der Waals surface area contributed by atoms with Crippen molar-refractivity contribution in [1.29, 1.82) is 0 Å². The number of nitrogens with one attached hydrogen (secondary N) is 1. The van der Waals surface area contributed by atoms with E-state index < -0.39 is 28.5 Å². The number of nitrogens with zero attached hydrogens (tertiary/aromatic N) is 2. The number of amides is 2. The zero-order valence-corrected chi connectivity index (χ0v) is 23.9. The SMILES string of the molecule is CS(=O)(=O)N(CC(=O)N(Cc1ccccc1)C(Cc1ccccc1)C(=O)NCc1ccccc1)Cc1ccccc1. The molecule has 2 amide bonds. The maximum atomic E-state index is 14.0. The van der Waals surface area contributed by atoms with Crippen molar-refractivity contribution in [3.8, 4) is 0 Å². The predicted molar refractivity (Wildman–Crippen MR) is 161 cm³/mol. The molecule has 0 heterocycles. The van der Waals surface area contributed by atoms with Gasteiger partial charge < -0.3 is 10.2 Å². The molecule has 0 saturated heterocycles. The summed E-state index contributed by atoms with van der Waals surface area (Å²) in [4.78, 5) is 29.3. The van der Waals surface area contributed by atoms with Gasteiger partial charge in [0.05, 0.1) is 12.8 Å². The lowest BCUT2D eigenvalue weighted by Crippen LogP contribution is -2.53. The highest BCUT2D eigenvalue weighted by Gasteiger charge is 2.32. The van der Waals surface area contributed by atoms with E-state index in [0.29, 0.717) is 6.54 Å². The minimum absolute atomic E-state index is 0.0497. The number of rotatable bonds is 13. The maximum absolute atomic E-state index is 14.0. The summed E-state index contributed by atoms with van der Waals surface area (Å²) in [7, 11) is -3.73. The Balaban J connectivity index is 1.66. The van der Waals surface area contributed by atoms with Crippen LogP contribution in [0.2, 0.25) is 0 Å². The van der Waals surface area contributed by atoms with Crippen LogP contribution in [0.5, 0.6) is 0 Å². The summed E-state index contributed by atoms with van der Waals surface area (Å²) in [5, 5.41) is 3.00. The molecule has 0 spiro atoms. The van der Waals surface area contributed by atoms with E-state index >= 15 is 0 Å². The van der Waals surface area contributed by atoms with E-state index in [2.05, 4.69) is 5.32 Å². The molecule has 4 aromatic rings. The first-order chi connectivity index (χ1) is 19.8. The largest absolute Gasteiger partial charge is 0.350 e. The van der Waals surface area contributed by atoms with Crippen LogP contribution in [0.25, 0.3) is 0 Å². The second kappa shape index (κ2) is 14.4. The van der Waals surface area contributed by atoms with Crippen LogP contribution in [0.3, 0.4) is 0 Å². The molecule has 0 bridgehead atoms. The molecule has 4 rings (SSSR count). The van der Waals surface area contributed by atoms with Gasteiger partial charge in [0, 0.05) is 26.1 Å². The predicted octanol–water partition coefficient (Wildman–Crippen LogP) is 4.40. The lowest BCUT2D eigenvalue weighted by molar-refractivity contribution is -0.141. The van der Waals surface area contributed by atoms with E-state index in [1.807, 2.05) is 121 Å². The normalized spacial score (nSPS) is 12.0. The third-order valence-corrected chi connectivity index (χ3v) is 7.96. The van der Waals surface area contributed by atoms with Crippen molar-refractivity contribution in [3.05, 3.63) is 144 Å². The van der Waals surface area contributed by atoms with Crippen LogP contribution in [0.15, 0.2) is 121 Å². The average Bonchev–Trinajstić information content (AvgIpc) is 2.99. The Morgan fingerprint density at radius 2 is 1.10 bits per heavy atom. The second-order valence-corrected chi connectivity index (χ2v) is 11.9. The van der Waals surface area contributed by atoms with Crippen LogP contribution in [0, 0.1) is 0 Å². The standard InChI is InChI=1S/C33H35N3O4S/c1-41(39,40)35(24-29-18-10-4-11-19-29)26-32(37)36(25-30-20-12-5-13-21-30)31(22-27-14-6-2-7-15-27)33(38)34-23-28-16-8-3-9-17-28/h2-21,31H,22-26H2,1H3,(H,34,38). The van der Waals surface area contributed by atoms with Crippen LogP contribution < -0.4 is 5.32 Å². The molecule has 0 aliphatic heterocycles. The molecule has 41 heavy (non-hydrogen) atoms. The fraction of sp³-hybridized carbons (Fsp3) is 0.212. The molecule has 0 fully saturated rings. The van der Waals surface area contributed by atoms with Gasteiger partial charge in [0.1, 0.15) is 6.04 Å². The first kappa shape index (κ1) is 29.7. The molecule has 212 valence electrons. The van der Waals surface area contributed by atoms with E-state index in [9.17, 15) is 18.0 Å². The van der Waals surface area contributed by atoms with Crippen LogP contribution >= 0.6 is 0 Å². The van der Waals surface area contributed by atoms with E-state index in [4.69, 9.17) is 0 Å². The van der Waals surface area contributed by atoms with E-state index in [0.717, 1.165) is 32.8 Å². The maximum Gasteiger partial charge on any atom is 0.243 e. The Morgan fingerprint density at radius 1 is 0.659 bits per heavy atom. The minimum Gasteiger partial charge on any atom is -0.350 e. The van der Waals surface area contributed by atoms with Crippen LogP contribution in [-0.2, 0) is 45.7 Å². The monoisotopic (exact) mass is 569 g/mol. The van der Waals surface area contributed by atoms with Gasteiger partial charge >= 0.3 is 0 Å². The number of carbonyl (C=O) groups is 2. The van der Waals surface area contributed by atoms with Gasteiger partial charge in [0.15, 0.2) is 0 Å². The van der Waals surface area contributed by atoms with Crippen molar-refractivity contribution in [2.24, 2.45) is 0 Å². The Hall–Kier alpha value is -4.27. The van der Waals surface area contributed by atoms with Gasteiger partial charge in [-0.25, -0.2) is 8.42 Å². The summed E-state index contributed by atoms with van der Waals surface area (Å²) in [6.07, 6.45) is 1.37. The summed E-state index contributed by atoms with van der Waals surface area (Å²) >= 11 is 0. The molecule has 8 heteroatoms. The summed E-state index contributed by atoms with van der Waals surface area (Å²) in [6, 6.07) is 36.8. The summed E-state index contributed by atoms with van der Waals surface area (Å²) in [5.74, 6) is -0.762. The molecule has 0 radical (unpaired) electrons. The molecule has 0 saturated carbocycles. The first-order valence-electron chi connectivity index (χ1n) is 13.5. The first-order valence-corrected chi connectivity index (χ1v) is 15.3. The summed E-state index contributed by atoms with van der Waals surface area (Å²) in [6.45, 7) is 0.118. The van der Waals surface area contributed by atoms with Gasteiger partial charge in [0.2, 0.25) is 21.8 Å². The fourth-order valence-corrected chi connectivity index (χ4v) is 5.28. The van der Waals surface area contributed by atoms with Gasteiger partial charge in [-0.15, -0.1) is 0 Å². The number of benzene rings is 4. The summed E-state index contributed by atoms with van der Waals surface area (Å²) < 4.78 is 26.7. The summed E-state index contributed by atoms with van der Waals surface area (Å²) in [5.41, 5.74) is 3.43. The van der Waals surface area contributed by atoms with Crippen molar-refractivity contribution >= 4 is 21.8 Å². The number of sulfonamides is 1. The molecule has 0 aliphatic rings. The van der Waals surface area contributed by atoms with Gasteiger partial charge in [-0.2, -0.15) is 4.31 Å². The van der Waals surface area contributed by atoms with Gasteiger partial charge in [-0.3, -0.25) is 9.59 Å². The lowest BCUT2D eigenvalue weighted by atomic mass is 10.0. The highest BCUT2D eigenvalue weighted by molar-refractivity contribution is 7.88. The van der Waals surface area contributed by atoms with Crippen molar-refractivity contribution in [2.75, 3.05) is 12.8 Å². The van der Waals surface area contributed by atoms with E-state index in [1.54, 1.807) is 0 Å². The zero-order valence-electron chi connectivity index (χ0n) is 23.1. The van der Waals surface area contributed by atoms with E-state index in [1.165, 1.54) is 4.90 Å². The quantitative estimate of drug-likeness (QED) is 0.259. The third kappa shape index (κ3) is 9.13. The smallest absolute Gasteiger partial charge is 0.243 e. The van der Waals surface area contributed by atoms with Gasteiger partial charge in [-0.05, 0) is 22.3 Å². The number of hydrogen-bond acceptors (Lipinski definition) is 4. The van der Waals surface area contributed by atoms with Crippen molar-refractivity contribution < 1.29 is 18.0 Å². The molecule has 7 nitrogen and oxygen atoms in total. The molecule has 0 aliphatic carbocycles. The van der Waals surface area contributed by atoms with Crippen molar-refractivity contribution in [1.82, 2.24) is 14.5 Å². The molecular formula is C33H35N3O4S. The minimum atomic E-state index is -3.73. The number of hydrogen-bond donors (Lipinski definition) is 1. The number of carbonyl (C=O) groups excluding carboxylic acids is 2. The Bertz CT molecular complexity index is 1500. The Kier molecular flexibility index (Phi) is 10.4. The third-order valence-electron chi connectivity index (χ3n) is 6.76. The molecular weight excluding hydrogens is 534 g/mol. The highest BCUT2D eigenvalue weighted by Crippen LogP contribution is 2.17. The molecule has 1 unspecified atom stereocenters. The highest BCUT2D eigenvalue weighted by atomic mass is 32.2.